The molecule has 3 nitrogen and oxygen atoms in total. The molecule has 0 spiro atoms. The van der Waals surface area contributed by atoms with Gasteiger partial charge in [0.25, 0.3) is 0 Å². The number of aromatic nitrogens is 1. The highest BCUT2D eigenvalue weighted by atomic mass is 35.5. The Morgan fingerprint density at radius 1 is 1.50 bits per heavy atom. The van der Waals surface area contributed by atoms with E-state index in [1.54, 1.807) is 16.7 Å². The minimum atomic E-state index is 0.0210. The Hall–Kier alpha value is -0.840. The summed E-state index contributed by atoms with van der Waals surface area (Å²) in [5, 5.41) is 0.652. The molecule has 1 aromatic carbocycles. The second-order valence-electron chi connectivity index (χ2n) is 2.92. The molecule has 2 rings (SSSR count). The third-order valence-corrected chi connectivity index (χ3v) is 3.16. The molecule has 0 saturated carbocycles. The number of nitrogens with two attached hydrogens (primary N) is 1. The van der Waals surface area contributed by atoms with Crippen LogP contribution in [0.2, 0.25) is 5.02 Å². The molecule has 0 fully saturated rings. The fourth-order valence-corrected chi connectivity index (χ4v) is 2.57. The zero-order valence-corrected chi connectivity index (χ0v) is 8.94. The summed E-state index contributed by atoms with van der Waals surface area (Å²) in [6.07, 6.45) is 0. The maximum absolute atomic E-state index is 11.5. The molecule has 2 aromatic rings. The zero-order valence-electron chi connectivity index (χ0n) is 7.37. The lowest BCUT2D eigenvalue weighted by Crippen LogP contribution is -2.18. The number of thiazole rings is 1. The lowest BCUT2D eigenvalue weighted by molar-refractivity contribution is 0.721. The summed E-state index contributed by atoms with van der Waals surface area (Å²) in [4.78, 5) is 11.5. The fourth-order valence-electron chi connectivity index (χ4n) is 1.38. The van der Waals surface area contributed by atoms with Gasteiger partial charge in [-0.1, -0.05) is 22.9 Å². The van der Waals surface area contributed by atoms with Crippen LogP contribution in [0.1, 0.15) is 0 Å². The van der Waals surface area contributed by atoms with Crippen LogP contribution in [0.5, 0.6) is 0 Å². The number of fused-ring (bicyclic) bond motifs is 1. The summed E-state index contributed by atoms with van der Waals surface area (Å²) in [6, 6.07) is 5.43. The van der Waals surface area contributed by atoms with Gasteiger partial charge in [0.15, 0.2) is 0 Å². The number of halogens is 1. The molecular weight excluding hydrogens is 220 g/mol. The largest absolute Gasteiger partial charge is 0.329 e. The SMILES string of the molecule is NCCn1c(=O)sc2cc(Cl)ccc21. The van der Waals surface area contributed by atoms with Gasteiger partial charge in [-0.2, -0.15) is 0 Å². The van der Waals surface area contributed by atoms with Crippen molar-refractivity contribution in [1.82, 2.24) is 4.57 Å². The van der Waals surface area contributed by atoms with E-state index < -0.39 is 0 Å². The smallest absolute Gasteiger partial charge is 0.308 e. The second-order valence-corrected chi connectivity index (χ2v) is 4.35. The van der Waals surface area contributed by atoms with E-state index in [0.717, 1.165) is 10.2 Å². The van der Waals surface area contributed by atoms with E-state index in [1.165, 1.54) is 11.3 Å². The third-order valence-electron chi connectivity index (χ3n) is 1.98. The van der Waals surface area contributed by atoms with Crippen LogP contribution < -0.4 is 10.6 Å². The molecule has 0 saturated heterocycles. The first kappa shape index (κ1) is 9.71. The molecular formula is C9H9ClN2OS. The predicted octanol–water partition coefficient (Wildman–Crippen LogP) is 1.68. The number of hydrogen-bond acceptors (Lipinski definition) is 3. The van der Waals surface area contributed by atoms with E-state index in [-0.39, 0.29) is 4.87 Å². The van der Waals surface area contributed by atoms with Gasteiger partial charge < -0.3 is 5.73 Å². The standard InChI is InChI=1S/C9H9ClN2OS/c10-6-1-2-7-8(5-6)14-9(13)12(7)4-3-11/h1-2,5H,3-4,11H2. The molecule has 5 heteroatoms. The highest BCUT2D eigenvalue weighted by Gasteiger charge is 2.06. The van der Waals surface area contributed by atoms with Gasteiger partial charge in [0, 0.05) is 18.1 Å². The molecule has 0 atom stereocenters. The zero-order chi connectivity index (χ0) is 10.1. The molecule has 0 unspecified atom stereocenters. The molecule has 0 amide bonds. The van der Waals surface area contributed by atoms with E-state index in [9.17, 15) is 4.79 Å². The topological polar surface area (TPSA) is 48.0 Å². The Morgan fingerprint density at radius 3 is 3.00 bits per heavy atom. The Kier molecular flexibility index (Phi) is 2.58. The van der Waals surface area contributed by atoms with Crippen molar-refractivity contribution in [3.05, 3.63) is 32.9 Å². The molecule has 0 bridgehead atoms. The molecule has 0 aliphatic heterocycles. The molecule has 0 aliphatic rings. The number of hydrogen-bond donors (Lipinski definition) is 1. The van der Waals surface area contributed by atoms with Gasteiger partial charge in [0.05, 0.1) is 10.2 Å². The van der Waals surface area contributed by atoms with Gasteiger partial charge in [-0.25, -0.2) is 0 Å². The van der Waals surface area contributed by atoms with Crippen molar-refractivity contribution in [3.63, 3.8) is 0 Å². The monoisotopic (exact) mass is 228 g/mol. The van der Waals surface area contributed by atoms with E-state index >= 15 is 0 Å². The van der Waals surface area contributed by atoms with Gasteiger partial charge in [-0.15, -0.1) is 0 Å². The summed E-state index contributed by atoms with van der Waals surface area (Å²) in [7, 11) is 0. The van der Waals surface area contributed by atoms with E-state index in [1.807, 2.05) is 6.07 Å². The van der Waals surface area contributed by atoms with Gasteiger partial charge in [0.2, 0.25) is 0 Å². The van der Waals surface area contributed by atoms with Crippen LogP contribution in [0, 0.1) is 0 Å². The summed E-state index contributed by atoms with van der Waals surface area (Å²) >= 11 is 7.03. The van der Waals surface area contributed by atoms with Crippen LogP contribution in [0.15, 0.2) is 23.0 Å². The Labute approximate surface area is 89.7 Å². The van der Waals surface area contributed by atoms with Crippen molar-refractivity contribution in [3.8, 4) is 0 Å². The summed E-state index contributed by atoms with van der Waals surface area (Å²) in [5.41, 5.74) is 6.34. The first-order valence-electron chi connectivity index (χ1n) is 4.21. The lowest BCUT2D eigenvalue weighted by atomic mass is 10.3. The number of nitrogens with zero attached hydrogens (tertiary/aromatic N) is 1. The van der Waals surface area contributed by atoms with Crippen LogP contribution in [0.3, 0.4) is 0 Å². The van der Waals surface area contributed by atoms with Crippen molar-refractivity contribution in [2.75, 3.05) is 6.54 Å². The lowest BCUT2D eigenvalue weighted by Gasteiger charge is -1.99. The fraction of sp³-hybridized carbons (Fsp3) is 0.222. The third kappa shape index (κ3) is 1.56. The van der Waals surface area contributed by atoms with Crippen molar-refractivity contribution in [1.29, 1.82) is 0 Å². The molecule has 0 radical (unpaired) electrons. The minimum Gasteiger partial charge on any atom is -0.329 e. The van der Waals surface area contributed by atoms with Crippen molar-refractivity contribution < 1.29 is 0 Å². The summed E-state index contributed by atoms with van der Waals surface area (Å²) in [6.45, 7) is 1.02. The summed E-state index contributed by atoms with van der Waals surface area (Å²) in [5.74, 6) is 0. The Morgan fingerprint density at radius 2 is 2.29 bits per heavy atom. The van der Waals surface area contributed by atoms with Gasteiger partial charge in [-0.3, -0.25) is 9.36 Å². The van der Waals surface area contributed by atoms with Crippen LogP contribution in [0.4, 0.5) is 0 Å². The van der Waals surface area contributed by atoms with E-state index in [0.29, 0.717) is 18.1 Å². The number of rotatable bonds is 2. The molecule has 2 N–H and O–H groups in total. The quantitative estimate of drug-likeness (QED) is 0.850. The first-order valence-corrected chi connectivity index (χ1v) is 5.41. The molecule has 1 aromatic heterocycles. The van der Waals surface area contributed by atoms with Crippen molar-refractivity contribution >= 4 is 33.2 Å². The highest BCUT2D eigenvalue weighted by Crippen LogP contribution is 2.21. The molecule has 14 heavy (non-hydrogen) atoms. The highest BCUT2D eigenvalue weighted by molar-refractivity contribution is 7.16. The van der Waals surface area contributed by atoms with Crippen molar-refractivity contribution in [2.24, 2.45) is 5.73 Å². The van der Waals surface area contributed by atoms with Crippen molar-refractivity contribution in [2.45, 2.75) is 6.54 Å². The molecule has 0 aliphatic carbocycles. The normalized spacial score (nSPS) is 11.0. The first-order chi connectivity index (χ1) is 6.72. The number of benzene rings is 1. The Bertz CT molecular complexity index is 517. The van der Waals surface area contributed by atoms with Crippen LogP contribution in [0.25, 0.3) is 10.2 Å². The van der Waals surface area contributed by atoms with Crippen LogP contribution >= 0.6 is 22.9 Å². The summed E-state index contributed by atoms with van der Waals surface area (Å²) < 4.78 is 2.59. The average molecular weight is 229 g/mol. The van der Waals surface area contributed by atoms with Gasteiger partial charge >= 0.3 is 4.87 Å². The van der Waals surface area contributed by atoms with Gasteiger partial charge in [-0.05, 0) is 18.2 Å². The Balaban J connectivity index is 2.71. The maximum Gasteiger partial charge on any atom is 0.308 e. The molecule has 74 valence electrons. The molecule has 1 heterocycles. The maximum atomic E-state index is 11.5. The van der Waals surface area contributed by atoms with Crippen LogP contribution in [-0.4, -0.2) is 11.1 Å². The van der Waals surface area contributed by atoms with Crippen LogP contribution in [-0.2, 0) is 6.54 Å². The van der Waals surface area contributed by atoms with E-state index in [4.69, 9.17) is 17.3 Å². The minimum absolute atomic E-state index is 0.0210. The predicted molar refractivity (Wildman–Crippen MR) is 60.1 cm³/mol. The van der Waals surface area contributed by atoms with E-state index in [2.05, 4.69) is 0 Å². The second kappa shape index (κ2) is 3.73. The average Bonchev–Trinajstić information content (AvgIpc) is 2.43. The van der Waals surface area contributed by atoms with Gasteiger partial charge in [0.1, 0.15) is 0 Å².